The molecule has 2 aromatic rings. The van der Waals surface area contributed by atoms with Gasteiger partial charge in [0, 0.05) is 19.0 Å². The van der Waals surface area contributed by atoms with Crippen LogP contribution < -0.4 is 11.0 Å². The van der Waals surface area contributed by atoms with Gasteiger partial charge in [0.15, 0.2) is 6.10 Å². The lowest BCUT2D eigenvalue weighted by molar-refractivity contribution is -0.148. The van der Waals surface area contributed by atoms with Crippen LogP contribution in [0, 0.1) is 5.92 Å². The number of amides is 1. The van der Waals surface area contributed by atoms with Gasteiger partial charge in [-0.15, -0.1) is 0 Å². The fraction of sp³-hybridized carbons (Fsp3) is 0.435. The second kappa shape index (κ2) is 10.9. The van der Waals surface area contributed by atoms with Gasteiger partial charge in [-0.05, 0) is 31.0 Å². The summed E-state index contributed by atoms with van der Waals surface area (Å²) < 4.78 is 17.9. The molecule has 0 aliphatic carbocycles. The lowest BCUT2D eigenvalue weighted by Gasteiger charge is -2.24. The van der Waals surface area contributed by atoms with Crippen molar-refractivity contribution in [1.82, 2.24) is 9.55 Å². The average Bonchev–Trinajstić information content (AvgIpc) is 3.26. The molecule has 2 heterocycles. The van der Waals surface area contributed by atoms with Crippen LogP contribution in [0.1, 0.15) is 50.2 Å². The molecule has 33 heavy (non-hydrogen) atoms. The van der Waals surface area contributed by atoms with Gasteiger partial charge < -0.3 is 19.5 Å². The van der Waals surface area contributed by atoms with Gasteiger partial charge >= 0.3 is 17.6 Å². The van der Waals surface area contributed by atoms with Crippen molar-refractivity contribution in [2.45, 2.75) is 52.0 Å². The van der Waals surface area contributed by atoms with Crippen LogP contribution in [0.5, 0.6) is 0 Å². The number of anilines is 1. The number of carbonyl (C=O) groups excluding carboxylic acids is 3. The molecule has 0 bridgehead atoms. The Kier molecular flexibility index (Phi) is 7.94. The fourth-order valence-electron chi connectivity index (χ4n) is 3.29. The SMILES string of the molecule is CC(=O)OC[C@@H](OC(=O)c1ccccc1)[C@@H]1CC[C@H](n2ccc(NC(=O)C(C)C)nc2=O)O1. The number of esters is 2. The molecule has 1 aliphatic heterocycles. The molecule has 1 aliphatic rings. The molecule has 1 aromatic heterocycles. The number of carbonyl (C=O) groups is 3. The number of rotatable bonds is 8. The van der Waals surface area contributed by atoms with E-state index in [0.717, 1.165) is 0 Å². The third kappa shape index (κ3) is 6.48. The van der Waals surface area contributed by atoms with E-state index in [1.54, 1.807) is 44.2 Å². The van der Waals surface area contributed by atoms with Crippen molar-refractivity contribution >= 4 is 23.7 Å². The maximum atomic E-state index is 12.5. The van der Waals surface area contributed by atoms with E-state index in [9.17, 15) is 19.2 Å². The molecular weight excluding hydrogens is 430 g/mol. The Bertz CT molecular complexity index is 1050. The van der Waals surface area contributed by atoms with Crippen molar-refractivity contribution in [2.24, 2.45) is 5.92 Å². The normalized spacial score (nSPS) is 18.5. The lowest BCUT2D eigenvalue weighted by atomic mass is 10.1. The topological polar surface area (TPSA) is 126 Å². The number of benzene rings is 1. The summed E-state index contributed by atoms with van der Waals surface area (Å²) in [5.41, 5.74) is -0.223. The fourth-order valence-corrected chi connectivity index (χ4v) is 3.29. The monoisotopic (exact) mass is 457 g/mol. The number of nitrogens with zero attached hydrogens (tertiary/aromatic N) is 2. The molecule has 1 aromatic carbocycles. The third-order valence-electron chi connectivity index (χ3n) is 5.08. The van der Waals surface area contributed by atoms with Gasteiger partial charge in [0.2, 0.25) is 5.91 Å². The number of hydrogen-bond acceptors (Lipinski definition) is 8. The lowest BCUT2D eigenvalue weighted by Crippen LogP contribution is -2.37. The first-order valence-electron chi connectivity index (χ1n) is 10.7. The van der Waals surface area contributed by atoms with Gasteiger partial charge in [0.1, 0.15) is 24.8 Å². The van der Waals surface area contributed by atoms with Crippen LogP contribution in [0.15, 0.2) is 47.4 Å². The molecule has 1 N–H and O–H groups in total. The summed E-state index contributed by atoms with van der Waals surface area (Å²) in [4.78, 5) is 52.0. The average molecular weight is 457 g/mol. The summed E-state index contributed by atoms with van der Waals surface area (Å²) in [5.74, 6) is -1.41. The van der Waals surface area contributed by atoms with Crippen molar-refractivity contribution < 1.29 is 28.6 Å². The quantitative estimate of drug-likeness (QED) is 0.599. The molecule has 10 heteroatoms. The maximum Gasteiger partial charge on any atom is 0.351 e. The highest BCUT2D eigenvalue weighted by Crippen LogP contribution is 2.30. The highest BCUT2D eigenvalue weighted by Gasteiger charge is 2.36. The Morgan fingerprint density at radius 2 is 1.91 bits per heavy atom. The minimum atomic E-state index is -0.847. The van der Waals surface area contributed by atoms with E-state index in [-0.39, 0.29) is 24.2 Å². The van der Waals surface area contributed by atoms with Gasteiger partial charge in [-0.2, -0.15) is 4.98 Å². The zero-order valence-corrected chi connectivity index (χ0v) is 18.7. The highest BCUT2D eigenvalue weighted by molar-refractivity contribution is 5.91. The first-order valence-corrected chi connectivity index (χ1v) is 10.7. The van der Waals surface area contributed by atoms with Crippen LogP contribution in [0.3, 0.4) is 0 Å². The number of hydrogen-bond donors (Lipinski definition) is 1. The van der Waals surface area contributed by atoms with Gasteiger partial charge in [-0.1, -0.05) is 32.0 Å². The van der Waals surface area contributed by atoms with E-state index in [1.165, 1.54) is 23.8 Å². The van der Waals surface area contributed by atoms with Crippen molar-refractivity contribution in [2.75, 3.05) is 11.9 Å². The Morgan fingerprint density at radius 1 is 1.18 bits per heavy atom. The summed E-state index contributed by atoms with van der Waals surface area (Å²) in [6.07, 6.45) is 0.352. The number of ether oxygens (including phenoxy) is 3. The summed E-state index contributed by atoms with van der Waals surface area (Å²) >= 11 is 0. The van der Waals surface area contributed by atoms with Gasteiger partial charge in [-0.25, -0.2) is 9.59 Å². The van der Waals surface area contributed by atoms with Gasteiger partial charge in [0.25, 0.3) is 0 Å². The second-order valence-electron chi connectivity index (χ2n) is 7.97. The van der Waals surface area contributed by atoms with Crippen molar-refractivity contribution in [1.29, 1.82) is 0 Å². The second-order valence-corrected chi connectivity index (χ2v) is 7.97. The Hall–Kier alpha value is -3.53. The van der Waals surface area contributed by atoms with Crippen LogP contribution in [0.4, 0.5) is 5.82 Å². The molecule has 3 atom stereocenters. The maximum absolute atomic E-state index is 12.5. The summed E-state index contributed by atoms with van der Waals surface area (Å²) in [7, 11) is 0. The van der Waals surface area contributed by atoms with Crippen molar-refractivity contribution in [3.8, 4) is 0 Å². The molecule has 1 amide bonds. The van der Waals surface area contributed by atoms with E-state index < -0.39 is 36.1 Å². The first-order chi connectivity index (χ1) is 15.7. The smallest absolute Gasteiger partial charge is 0.351 e. The molecule has 10 nitrogen and oxygen atoms in total. The minimum absolute atomic E-state index is 0.161. The molecule has 176 valence electrons. The number of nitrogens with one attached hydrogen (secondary N) is 1. The van der Waals surface area contributed by atoms with E-state index >= 15 is 0 Å². The van der Waals surface area contributed by atoms with Crippen LogP contribution >= 0.6 is 0 Å². The zero-order chi connectivity index (χ0) is 24.0. The van der Waals surface area contributed by atoms with Gasteiger partial charge in [-0.3, -0.25) is 14.2 Å². The molecule has 0 spiro atoms. The van der Waals surface area contributed by atoms with E-state index in [0.29, 0.717) is 18.4 Å². The third-order valence-corrected chi connectivity index (χ3v) is 5.08. The molecule has 0 saturated carbocycles. The highest BCUT2D eigenvalue weighted by atomic mass is 16.6. The summed E-state index contributed by atoms with van der Waals surface area (Å²) in [6.45, 7) is 4.57. The Balaban J connectivity index is 1.70. The minimum Gasteiger partial charge on any atom is -0.462 e. The Morgan fingerprint density at radius 3 is 2.55 bits per heavy atom. The number of aromatic nitrogens is 2. The van der Waals surface area contributed by atoms with Crippen molar-refractivity contribution in [3.63, 3.8) is 0 Å². The largest absolute Gasteiger partial charge is 0.462 e. The van der Waals surface area contributed by atoms with Crippen molar-refractivity contribution in [3.05, 3.63) is 58.6 Å². The molecule has 1 fully saturated rings. The molecular formula is C23H27N3O7. The zero-order valence-electron chi connectivity index (χ0n) is 18.7. The van der Waals surface area contributed by atoms with E-state index in [4.69, 9.17) is 14.2 Å². The standard InChI is InChI=1S/C23H27N3O7/c1-14(2)21(28)24-19-11-12-26(23(30)25-19)20-10-9-17(32-20)18(13-31-15(3)27)33-22(29)16-7-5-4-6-8-16/h4-8,11-12,14,17-18,20H,9-10,13H2,1-3H3,(H,24,25,28,30)/t17-,18+,20+/m0/s1. The molecule has 0 unspecified atom stereocenters. The van der Waals surface area contributed by atoms with Crippen LogP contribution in [-0.4, -0.2) is 46.2 Å². The predicted octanol–water partition coefficient (Wildman–Crippen LogP) is 2.30. The Labute approximate surface area is 190 Å². The molecule has 0 radical (unpaired) electrons. The molecule has 3 rings (SSSR count). The summed E-state index contributed by atoms with van der Waals surface area (Å²) in [5, 5.41) is 2.58. The van der Waals surface area contributed by atoms with E-state index in [2.05, 4.69) is 10.3 Å². The predicted molar refractivity (Wildman–Crippen MR) is 117 cm³/mol. The van der Waals surface area contributed by atoms with E-state index in [1.807, 2.05) is 0 Å². The van der Waals surface area contributed by atoms with Crippen LogP contribution in [0.25, 0.3) is 0 Å². The van der Waals surface area contributed by atoms with Crippen LogP contribution in [-0.2, 0) is 23.8 Å². The summed E-state index contributed by atoms with van der Waals surface area (Å²) in [6, 6.07) is 9.97. The van der Waals surface area contributed by atoms with Crippen LogP contribution in [0.2, 0.25) is 0 Å². The first kappa shape index (κ1) is 24.1. The molecule has 1 saturated heterocycles. The van der Waals surface area contributed by atoms with Gasteiger partial charge in [0.05, 0.1) is 5.56 Å².